The van der Waals surface area contributed by atoms with Crippen LogP contribution in [0.2, 0.25) is 0 Å². The van der Waals surface area contributed by atoms with Crippen LogP contribution in [0, 0.1) is 0 Å². The second kappa shape index (κ2) is 7.94. The Morgan fingerprint density at radius 2 is 1.26 bits per heavy atom. The van der Waals surface area contributed by atoms with Crippen molar-refractivity contribution in [2.45, 2.75) is 38.5 Å². The molecule has 1 aliphatic carbocycles. The fraction of sp³-hybridized carbons (Fsp3) is 0.290. The van der Waals surface area contributed by atoms with Crippen molar-refractivity contribution in [2.75, 3.05) is 21.3 Å². The van der Waals surface area contributed by atoms with Crippen molar-refractivity contribution in [1.29, 1.82) is 0 Å². The van der Waals surface area contributed by atoms with Crippen molar-refractivity contribution in [3.63, 3.8) is 0 Å². The lowest BCUT2D eigenvalue weighted by molar-refractivity contribution is 0.298. The summed E-state index contributed by atoms with van der Waals surface area (Å²) in [6.45, 7) is 9.11. The number of ether oxygens (including phenoxy) is 3. The quantitative estimate of drug-likeness (QED) is 0.337. The Balaban J connectivity index is 1.92. The van der Waals surface area contributed by atoms with Crippen LogP contribution in [0.5, 0.6) is 23.0 Å². The van der Waals surface area contributed by atoms with E-state index < -0.39 is 0 Å². The molecule has 1 aliphatic rings. The Bertz CT molecular complexity index is 1460. The number of aromatic hydroxyl groups is 1. The number of fused-ring (bicyclic) bond motifs is 5. The zero-order chi connectivity index (χ0) is 25.1. The zero-order valence-corrected chi connectivity index (χ0v) is 21.4. The molecule has 4 aromatic rings. The van der Waals surface area contributed by atoms with Gasteiger partial charge in [0.2, 0.25) is 0 Å². The van der Waals surface area contributed by atoms with E-state index in [9.17, 15) is 5.11 Å². The normalized spacial score (nSPS) is 15.3. The highest BCUT2D eigenvalue weighted by Crippen LogP contribution is 2.57. The number of phenols is 1. The van der Waals surface area contributed by atoms with Crippen molar-refractivity contribution < 1.29 is 19.3 Å². The molecule has 0 aromatic heterocycles. The first kappa shape index (κ1) is 23.1. The maximum atomic E-state index is 11.2. The summed E-state index contributed by atoms with van der Waals surface area (Å²) in [5.74, 6) is 2.34. The number of benzene rings is 4. The predicted octanol–water partition coefficient (Wildman–Crippen LogP) is 7.47. The minimum atomic E-state index is -0.208. The van der Waals surface area contributed by atoms with E-state index in [1.54, 1.807) is 21.3 Å². The summed E-state index contributed by atoms with van der Waals surface area (Å²) in [5.41, 5.74) is 6.28. The molecule has 35 heavy (non-hydrogen) atoms. The second-order valence-electron chi connectivity index (χ2n) is 10.3. The summed E-state index contributed by atoms with van der Waals surface area (Å²) >= 11 is 0. The number of hydrogen-bond acceptors (Lipinski definition) is 4. The van der Waals surface area contributed by atoms with Gasteiger partial charge in [0.05, 0.1) is 21.3 Å². The average molecular weight is 469 g/mol. The van der Waals surface area contributed by atoms with Crippen LogP contribution in [-0.4, -0.2) is 26.4 Å². The van der Waals surface area contributed by atoms with E-state index in [1.807, 2.05) is 30.3 Å². The number of phenolic OH excluding ortho intramolecular Hbond substituents is 1. The molecule has 0 unspecified atom stereocenters. The van der Waals surface area contributed by atoms with Crippen LogP contribution in [0.3, 0.4) is 0 Å². The first-order chi connectivity index (χ1) is 16.6. The average Bonchev–Trinajstić information content (AvgIpc) is 2.86. The summed E-state index contributed by atoms with van der Waals surface area (Å²) in [5, 5.41) is 13.0. The predicted molar refractivity (Wildman–Crippen MR) is 142 cm³/mol. The first-order valence-electron chi connectivity index (χ1n) is 11.9. The van der Waals surface area contributed by atoms with E-state index in [2.05, 4.69) is 58.0 Å². The van der Waals surface area contributed by atoms with Gasteiger partial charge in [-0.05, 0) is 68.8 Å². The standard InChI is InChI=1S/C31H32O4/c1-30(2)24-11-9-8-10-20(24)29-23-15-22(19-13-12-18(33-5)14-27(19)34-6)28(35-7)16-21(23)26(32)17-25(29)31(30,3)4/h8-17,32H,1-7H3. The van der Waals surface area contributed by atoms with Crippen molar-refractivity contribution >= 4 is 10.8 Å². The van der Waals surface area contributed by atoms with E-state index in [0.717, 1.165) is 38.8 Å². The first-order valence-corrected chi connectivity index (χ1v) is 11.9. The molecule has 4 heteroatoms. The molecule has 1 N–H and O–H groups in total. The molecule has 0 aliphatic heterocycles. The van der Waals surface area contributed by atoms with Gasteiger partial charge in [0.15, 0.2) is 0 Å². The van der Waals surface area contributed by atoms with Gasteiger partial charge in [0.1, 0.15) is 23.0 Å². The van der Waals surface area contributed by atoms with Crippen LogP contribution >= 0.6 is 0 Å². The molecule has 180 valence electrons. The lowest BCUT2D eigenvalue weighted by atomic mass is 9.55. The molecule has 0 atom stereocenters. The second-order valence-corrected chi connectivity index (χ2v) is 10.3. The minimum absolute atomic E-state index is 0.120. The van der Waals surface area contributed by atoms with Gasteiger partial charge in [-0.2, -0.15) is 0 Å². The van der Waals surface area contributed by atoms with Gasteiger partial charge in [-0.1, -0.05) is 52.0 Å². The molecular weight excluding hydrogens is 436 g/mol. The molecule has 0 bridgehead atoms. The topological polar surface area (TPSA) is 47.9 Å². The molecule has 0 radical (unpaired) electrons. The van der Waals surface area contributed by atoms with Crippen molar-refractivity contribution in [1.82, 2.24) is 0 Å². The SMILES string of the molecule is COc1ccc(-c2cc3c4c(cc(O)c3cc2OC)C(C)(C)C(C)(C)c2ccccc2-4)c(OC)c1. The maximum absolute atomic E-state index is 11.2. The van der Waals surface area contributed by atoms with Crippen molar-refractivity contribution in [3.8, 4) is 45.3 Å². The van der Waals surface area contributed by atoms with Crippen LogP contribution in [0.15, 0.2) is 60.7 Å². The largest absolute Gasteiger partial charge is 0.507 e. The van der Waals surface area contributed by atoms with Crippen LogP contribution in [-0.2, 0) is 10.8 Å². The molecule has 0 fully saturated rings. The lowest BCUT2D eigenvalue weighted by Gasteiger charge is -2.48. The van der Waals surface area contributed by atoms with E-state index in [0.29, 0.717) is 11.5 Å². The van der Waals surface area contributed by atoms with Gasteiger partial charge in [0, 0.05) is 22.6 Å². The third kappa shape index (κ3) is 3.19. The van der Waals surface area contributed by atoms with Gasteiger partial charge in [-0.3, -0.25) is 0 Å². The molecule has 0 heterocycles. The molecule has 4 aromatic carbocycles. The third-order valence-electron chi connectivity index (χ3n) is 8.24. The van der Waals surface area contributed by atoms with Crippen LogP contribution in [0.4, 0.5) is 0 Å². The summed E-state index contributed by atoms with van der Waals surface area (Å²) in [7, 11) is 4.94. The zero-order valence-electron chi connectivity index (χ0n) is 21.4. The smallest absolute Gasteiger partial charge is 0.130 e. The van der Waals surface area contributed by atoms with Crippen LogP contribution in [0.1, 0.15) is 38.8 Å². The Morgan fingerprint density at radius 3 is 1.94 bits per heavy atom. The summed E-state index contributed by atoms with van der Waals surface area (Å²) in [6.07, 6.45) is 0. The summed E-state index contributed by atoms with van der Waals surface area (Å²) in [4.78, 5) is 0. The molecule has 0 saturated carbocycles. The van der Waals surface area contributed by atoms with E-state index in [-0.39, 0.29) is 16.6 Å². The van der Waals surface area contributed by atoms with E-state index in [4.69, 9.17) is 14.2 Å². The van der Waals surface area contributed by atoms with Gasteiger partial charge in [-0.15, -0.1) is 0 Å². The molecule has 0 spiro atoms. The third-order valence-corrected chi connectivity index (χ3v) is 8.24. The molecule has 0 saturated heterocycles. The number of rotatable bonds is 4. The fourth-order valence-corrected chi connectivity index (χ4v) is 5.53. The van der Waals surface area contributed by atoms with E-state index in [1.165, 1.54) is 11.1 Å². The van der Waals surface area contributed by atoms with E-state index >= 15 is 0 Å². The minimum Gasteiger partial charge on any atom is -0.507 e. The Hall–Kier alpha value is -3.66. The van der Waals surface area contributed by atoms with Gasteiger partial charge in [0.25, 0.3) is 0 Å². The Labute approximate surface area is 207 Å². The molecular formula is C31H32O4. The van der Waals surface area contributed by atoms with Gasteiger partial charge in [-0.25, -0.2) is 0 Å². The summed E-state index contributed by atoms with van der Waals surface area (Å²) in [6, 6.07) is 20.4. The number of methoxy groups -OCH3 is 3. The Morgan fingerprint density at radius 1 is 0.600 bits per heavy atom. The number of hydrogen-bond donors (Lipinski definition) is 1. The van der Waals surface area contributed by atoms with Crippen LogP contribution in [0.25, 0.3) is 33.0 Å². The highest BCUT2D eigenvalue weighted by atomic mass is 16.5. The van der Waals surface area contributed by atoms with Gasteiger partial charge < -0.3 is 19.3 Å². The van der Waals surface area contributed by atoms with Crippen LogP contribution < -0.4 is 14.2 Å². The lowest BCUT2D eigenvalue weighted by Crippen LogP contribution is -2.43. The Kier molecular flexibility index (Phi) is 5.24. The van der Waals surface area contributed by atoms with Gasteiger partial charge >= 0.3 is 0 Å². The molecule has 5 rings (SSSR count). The fourth-order valence-electron chi connectivity index (χ4n) is 5.53. The highest BCUT2D eigenvalue weighted by Gasteiger charge is 2.46. The summed E-state index contributed by atoms with van der Waals surface area (Å²) < 4.78 is 16.9. The van der Waals surface area contributed by atoms with Crippen molar-refractivity contribution in [3.05, 3.63) is 71.8 Å². The maximum Gasteiger partial charge on any atom is 0.130 e. The monoisotopic (exact) mass is 468 g/mol. The highest BCUT2D eigenvalue weighted by molar-refractivity contribution is 6.06. The molecule has 4 nitrogen and oxygen atoms in total. The molecule has 0 amide bonds. The van der Waals surface area contributed by atoms with Crippen molar-refractivity contribution in [2.24, 2.45) is 0 Å².